The average molecular weight is 133 g/mol. The third kappa shape index (κ3) is 1.07. The fourth-order valence-electron chi connectivity index (χ4n) is 0.273. The first-order valence-corrected chi connectivity index (χ1v) is 2.98. The SMILES string of the molecule is O=c1[nH]c(S)cs1. The van der Waals surface area contributed by atoms with Gasteiger partial charge in [0.15, 0.2) is 0 Å². The van der Waals surface area contributed by atoms with Crippen LogP contribution in [0.25, 0.3) is 0 Å². The molecule has 0 amide bonds. The van der Waals surface area contributed by atoms with Gasteiger partial charge in [0.05, 0.1) is 5.03 Å². The van der Waals surface area contributed by atoms with Crippen molar-refractivity contribution < 1.29 is 0 Å². The number of hydrogen-bond acceptors (Lipinski definition) is 3. The maximum absolute atomic E-state index is 10.2. The zero-order valence-electron chi connectivity index (χ0n) is 3.34. The maximum Gasteiger partial charge on any atom is 0.305 e. The van der Waals surface area contributed by atoms with Crippen LogP contribution in [0.5, 0.6) is 0 Å². The van der Waals surface area contributed by atoms with E-state index in [1.54, 1.807) is 5.38 Å². The first-order chi connectivity index (χ1) is 3.29. The van der Waals surface area contributed by atoms with Crippen molar-refractivity contribution in [3.63, 3.8) is 0 Å². The third-order valence-corrected chi connectivity index (χ3v) is 1.59. The normalized spacial score (nSPS) is 9.29. The van der Waals surface area contributed by atoms with Crippen molar-refractivity contribution in [3.8, 4) is 0 Å². The predicted octanol–water partition coefficient (Wildman–Crippen LogP) is 0.725. The Hall–Kier alpha value is -0.220. The van der Waals surface area contributed by atoms with Crippen molar-refractivity contribution >= 4 is 24.0 Å². The molecule has 0 aromatic carbocycles. The van der Waals surface area contributed by atoms with E-state index in [2.05, 4.69) is 17.6 Å². The van der Waals surface area contributed by atoms with Crippen LogP contribution in [0.2, 0.25) is 0 Å². The van der Waals surface area contributed by atoms with E-state index in [0.29, 0.717) is 5.03 Å². The molecule has 0 radical (unpaired) electrons. The van der Waals surface area contributed by atoms with E-state index in [4.69, 9.17) is 0 Å². The summed E-state index contributed by atoms with van der Waals surface area (Å²) in [6.45, 7) is 0. The molecule has 0 bridgehead atoms. The van der Waals surface area contributed by atoms with Crippen LogP contribution in [0.4, 0.5) is 0 Å². The summed E-state index contributed by atoms with van der Waals surface area (Å²) in [5.74, 6) is 0. The van der Waals surface area contributed by atoms with Crippen molar-refractivity contribution in [1.29, 1.82) is 0 Å². The van der Waals surface area contributed by atoms with Crippen molar-refractivity contribution in [2.45, 2.75) is 5.03 Å². The Morgan fingerprint density at radius 1 is 1.86 bits per heavy atom. The lowest BCUT2D eigenvalue weighted by atomic mass is 11.0. The van der Waals surface area contributed by atoms with Gasteiger partial charge in [0.25, 0.3) is 0 Å². The first-order valence-electron chi connectivity index (χ1n) is 1.66. The highest BCUT2D eigenvalue weighted by molar-refractivity contribution is 7.80. The Morgan fingerprint density at radius 2 is 2.57 bits per heavy atom. The fraction of sp³-hybridized carbons (Fsp3) is 0. The third-order valence-electron chi connectivity index (χ3n) is 0.508. The summed E-state index contributed by atoms with van der Waals surface area (Å²) in [5, 5.41) is 2.29. The Balaban J connectivity index is 3.30. The zero-order chi connectivity index (χ0) is 5.28. The molecule has 0 spiro atoms. The number of thiol groups is 1. The van der Waals surface area contributed by atoms with Crippen LogP contribution < -0.4 is 4.87 Å². The van der Waals surface area contributed by atoms with E-state index in [0.717, 1.165) is 11.3 Å². The number of aromatic amines is 1. The van der Waals surface area contributed by atoms with Crippen molar-refractivity contribution in [1.82, 2.24) is 4.98 Å². The molecule has 0 aliphatic carbocycles. The smallest absolute Gasteiger partial charge is 0.305 e. The topological polar surface area (TPSA) is 32.9 Å². The lowest BCUT2D eigenvalue weighted by Gasteiger charge is -1.67. The van der Waals surface area contributed by atoms with Gasteiger partial charge in [0, 0.05) is 5.38 Å². The molecular formula is C3H3NOS2. The van der Waals surface area contributed by atoms with E-state index in [-0.39, 0.29) is 4.87 Å². The summed E-state index contributed by atoms with van der Waals surface area (Å²) in [4.78, 5) is 12.6. The van der Waals surface area contributed by atoms with Crippen molar-refractivity contribution in [3.05, 3.63) is 15.0 Å². The molecule has 2 nitrogen and oxygen atoms in total. The van der Waals surface area contributed by atoms with Gasteiger partial charge in [0.1, 0.15) is 0 Å². The molecule has 1 N–H and O–H groups in total. The van der Waals surface area contributed by atoms with Gasteiger partial charge in [-0.05, 0) is 0 Å². The Kier molecular flexibility index (Phi) is 1.21. The highest BCUT2D eigenvalue weighted by Crippen LogP contribution is 1.97. The van der Waals surface area contributed by atoms with Gasteiger partial charge in [-0.15, -0.1) is 12.6 Å². The second-order valence-corrected chi connectivity index (χ2v) is 2.36. The Bertz CT molecular complexity index is 201. The van der Waals surface area contributed by atoms with E-state index >= 15 is 0 Å². The molecule has 0 saturated carbocycles. The number of rotatable bonds is 0. The van der Waals surface area contributed by atoms with Crippen LogP contribution in [-0.2, 0) is 0 Å². The van der Waals surface area contributed by atoms with E-state index in [1.807, 2.05) is 0 Å². The van der Waals surface area contributed by atoms with E-state index < -0.39 is 0 Å². The number of nitrogens with one attached hydrogen (secondary N) is 1. The average Bonchev–Trinajstić information content (AvgIpc) is 1.87. The maximum atomic E-state index is 10.2. The summed E-state index contributed by atoms with van der Waals surface area (Å²) in [5.41, 5.74) is 0. The summed E-state index contributed by atoms with van der Waals surface area (Å²) in [7, 11) is 0. The van der Waals surface area contributed by atoms with E-state index in [9.17, 15) is 4.79 Å². The molecule has 1 aromatic heterocycles. The molecule has 0 fully saturated rings. The quantitative estimate of drug-likeness (QED) is 0.502. The molecule has 0 aliphatic rings. The highest BCUT2D eigenvalue weighted by atomic mass is 32.1. The molecular weight excluding hydrogens is 130 g/mol. The van der Waals surface area contributed by atoms with Crippen LogP contribution in [0.15, 0.2) is 15.2 Å². The van der Waals surface area contributed by atoms with Crippen molar-refractivity contribution in [2.75, 3.05) is 0 Å². The lowest BCUT2D eigenvalue weighted by molar-refractivity contribution is 1.17. The molecule has 38 valence electrons. The van der Waals surface area contributed by atoms with Crippen LogP contribution in [-0.4, -0.2) is 4.98 Å². The largest absolute Gasteiger partial charge is 0.308 e. The zero-order valence-corrected chi connectivity index (χ0v) is 5.05. The summed E-state index contributed by atoms with van der Waals surface area (Å²) >= 11 is 4.98. The number of thiazole rings is 1. The van der Waals surface area contributed by atoms with Gasteiger partial charge in [-0.2, -0.15) is 0 Å². The summed E-state index contributed by atoms with van der Waals surface area (Å²) in [6.07, 6.45) is 0. The van der Waals surface area contributed by atoms with Gasteiger partial charge in [-0.3, -0.25) is 4.79 Å². The summed E-state index contributed by atoms with van der Waals surface area (Å²) < 4.78 is 0. The molecule has 0 saturated heterocycles. The standard InChI is InChI=1S/C3H3NOS2/c5-3-4-2(6)1-7-3/h1,6H,(H,4,5). The molecule has 1 aromatic rings. The minimum Gasteiger partial charge on any atom is -0.308 e. The van der Waals surface area contributed by atoms with Crippen LogP contribution in [0.3, 0.4) is 0 Å². The molecule has 0 unspecified atom stereocenters. The second-order valence-electron chi connectivity index (χ2n) is 1.03. The minimum atomic E-state index is -0.0509. The molecule has 1 heterocycles. The molecule has 1 rings (SSSR count). The number of hydrogen-bond donors (Lipinski definition) is 2. The predicted molar refractivity (Wildman–Crippen MR) is 32.2 cm³/mol. The number of aromatic nitrogens is 1. The highest BCUT2D eigenvalue weighted by Gasteiger charge is 1.84. The molecule has 0 aliphatic heterocycles. The fourth-order valence-corrected chi connectivity index (χ4v) is 1.05. The van der Waals surface area contributed by atoms with Crippen molar-refractivity contribution in [2.24, 2.45) is 0 Å². The van der Waals surface area contributed by atoms with Crippen LogP contribution >= 0.6 is 24.0 Å². The Morgan fingerprint density at radius 3 is 2.71 bits per heavy atom. The molecule has 7 heavy (non-hydrogen) atoms. The lowest BCUT2D eigenvalue weighted by Crippen LogP contribution is -1.89. The van der Waals surface area contributed by atoms with Gasteiger partial charge in [0.2, 0.25) is 0 Å². The minimum absolute atomic E-state index is 0.0509. The van der Waals surface area contributed by atoms with Gasteiger partial charge >= 0.3 is 4.87 Å². The van der Waals surface area contributed by atoms with Crippen LogP contribution in [0, 0.1) is 0 Å². The van der Waals surface area contributed by atoms with Gasteiger partial charge in [-0.1, -0.05) is 11.3 Å². The molecule has 0 atom stereocenters. The first kappa shape index (κ1) is 4.93. The van der Waals surface area contributed by atoms with Crippen LogP contribution in [0.1, 0.15) is 0 Å². The van der Waals surface area contributed by atoms with Gasteiger partial charge in [-0.25, -0.2) is 0 Å². The second kappa shape index (κ2) is 1.71. The van der Waals surface area contributed by atoms with Gasteiger partial charge < -0.3 is 4.98 Å². The molecule has 4 heteroatoms. The monoisotopic (exact) mass is 133 g/mol. The van der Waals surface area contributed by atoms with E-state index in [1.165, 1.54) is 0 Å². The summed E-state index contributed by atoms with van der Waals surface area (Å²) in [6, 6.07) is 0. The number of H-pyrrole nitrogens is 1. The Labute approximate surface area is 49.6 Å².